The Morgan fingerprint density at radius 1 is 1.10 bits per heavy atom. The molecule has 0 bridgehead atoms. The Kier molecular flexibility index (Phi) is 5.38. The van der Waals surface area contributed by atoms with E-state index in [0.29, 0.717) is 6.54 Å². The lowest BCUT2D eigenvalue weighted by Crippen LogP contribution is -2.23. The molecule has 0 unspecified atom stereocenters. The van der Waals surface area contributed by atoms with E-state index in [4.69, 9.17) is 9.47 Å². The zero-order chi connectivity index (χ0) is 20.2. The van der Waals surface area contributed by atoms with Crippen molar-refractivity contribution in [2.75, 3.05) is 27.3 Å². The number of nitrogens with one attached hydrogen (secondary N) is 1. The summed E-state index contributed by atoms with van der Waals surface area (Å²) in [7, 11) is 3.06. The molecule has 5 nitrogen and oxygen atoms in total. The number of esters is 1. The average molecular weight is 388 g/mol. The topological polar surface area (TPSA) is 54.6 Å². The summed E-state index contributed by atoms with van der Waals surface area (Å²) < 4.78 is 10.0. The van der Waals surface area contributed by atoms with Gasteiger partial charge in [-0.05, 0) is 35.7 Å². The van der Waals surface area contributed by atoms with Gasteiger partial charge in [0.1, 0.15) is 5.75 Å². The first-order valence-corrected chi connectivity index (χ1v) is 9.64. The molecule has 0 amide bonds. The monoisotopic (exact) mass is 388 g/mol. The molecule has 1 aliphatic rings. The van der Waals surface area contributed by atoms with Gasteiger partial charge in [0.2, 0.25) is 0 Å². The minimum Gasteiger partial charge on any atom is -0.497 e. The predicted octanol–water partition coefficient (Wildman–Crippen LogP) is 4.15. The van der Waals surface area contributed by atoms with Crippen molar-refractivity contribution in [3.63, 3.8) is 0 Å². The number of ether oxygens (including phenoxy) is 2. The second kappa shape index (κ2) is 8.27. The van der Waals surface area contributed by atoms with Gasteiger partial charge in [-0.3, -0.25) is 0 Å². The highest BCUT2D eigenvalue weighted by molar-refractivity contribution is 5.92. The van der Waals surface area contributed by atoms with Gasteiger partial charge in [0.05, 0.1) is 19.9 Å². The number of aromatic amines is 1. The lowest BCUT2D eigenvalue weighted by atomic mass is 9.95. The van der Waals surface area contributed by atoms with Crippen LogP contribution in [-0.2, 0) is 16.0 Å². The standard InChI is InChI=1S/C24H24N2O3/c1-28-18-9-7-17(8-10-18)19-11-14-26(16-13-23(27)29-2)15-12-21-20-5-3-4-6-22(20)25-24(19)21/h3-11,13,16,25H,12,14-15H2,1-2H3/b16-13+,19-11-. The number of hydrogen-bond donors (Lipinski definition) is 1. The molecule has 0 spiro atoms. The highest BCUT2D eigenvalue weighted by Gasteiger charge is 2.19. The van der Waals surface area contributed by atoms with E-state index in [1.165, 1.54) is 24.1 Å². The minimum absolute atomic E-state index is 0.348. The van der Waals surface area contributed by atoms with E-state index >= 15 is 0 Å². The molecule has 2 heterocycles. The third-order valence-electron chi connectivity index (χ3n) is 5.29. The van der Waals surface area contributed by atoms with Crippen molar-refractivity contribution < 1.29 is 14.3 Å². The summed E-state index contributed by atoms with van der Waals surface area (Å²) in [5, 5.41) is 1.24. The van der Waals surface area contributed by atoms with Gasteiger partial charge in [0, 0.05) is 41.8 Å². The summed E-state index contributed by atoms with van der Waals surface area (Å²) in [5.74, 6) is 0.485. The van der Waals surface area contributed by atoms with Crippen molar-refractivity contribution in [1.29, 1.82) is 0 Å². The molecule has 1 aromatic heterocycles. The van der Waals surface area contributed by atoms with E-state index in [-0.39, 0.29) is 5.97 Å². The number of nitrogens with zero attached hydrogens (tertiary/aromatic N) is 1. The number of carbonyl (C=O) groups excluding carboxylic acids is 1. The van der Waals surface area contributed by atoms with Crippen LogP contribution in [0.4, 0.5) is 0 Å². The number of carbonyl (C=O) groups is 1. The van der Waals surface area contributed by atoms with Crippen molar-refractivity contribution in [2.24, 2.45) is 0 Å². The fraction of sp³-hybridized carbons (Fsp3) is 0.208. The number of rotatable bonds is 4. The van der Waals surface area contributed by atoms with Crippen molar-refractivity contribution >= 4 is 22.4 Å². The van der Waals surface area contributed by atoms with Gasteiger partial charge in [-0.15, -0.1) is 0 Å². The zero-order valence-corrected chi connectivity index (χ0v) is 16.6. The Morgan fingerprint density at radius 2 is 1.90 bits per heavy atom. The van der Waals surface area contributed by atoms with Crippen LogP contribution in [0.25, 0.3) is 16.5 Å². The van der Waals surface area contributed by atoms with Gasteiger partial charge in [0.25, 0.3) is 0 Å². The number of hydrogen-bond acceptors (Lipinski definition) is 4. The molecular weight excluding hydrogens is 364 g/mol. The van der Waals surface area contributed by atoms with Crippen LogP contribution in [0.15, 0.2) is 66.9 Å². The summed E-state index contributed by atoms with van der Waals surface area (Å²) >= 11 is 0. The molecule has 2 aromatic carbocycles. The van der Waals surface area contributed by atoms with E-state index in [0.717, 1.165) is 41.1 Å². The Morgan fingerprint density at radius 3 is 2.66 bits per heavy atom. The predicted molar refractivity (Wildman–Crippen MR) is 115 cm³/mol. The maximum atomic E-state index is 11.5. The number of methoxy groups -OCH3 is 2. The molecule has 0 saturated heterocycles. The van der Waals surface area contributed by atoms with Gasteiger partial charge < -0.3 is 19.4 Å². The Bertz CT molecular complexity index is 1080. The molecule has 5 heteroatoms. The first-order valence-electron chi connectivity index (χ1n) is 9.64. The van der Waals surface area contributed by atoms with Crippen LogP contribution in [0, 0.1) is 0 Å². The number of aromatic nitrogens is 1. The highest BCUT2D eigenvalue weighted by Crippen LogP contribution is 2.33. The normalized spacial score (nSPS) is 16.1. The Labute approximate surface area is 170 Å². The molecule has 0 fully saturated rings. The van der Waals surface area contributed by atoms with Crippen molar-refractivity contribution in [2.45, 2.75) is 6.42 Å². The molecule has 0 saturated carbocycles. The molecule has 0 radical (unpaired) electrons. The molecule has 148 valence electrons. The SMILES string of the molecule is COC(=O)/C=C/N1C/C=C(/c2ccc(OC)cc2)c2[nH]c3ccccc3c2CC1. The van der Waals surface area contributed by atoms with Crippen LogP contribution in [-0.4, -0.2) is 43.2 Å². The average Bonchev–Trinajstić information content (AvgIpc) is 3.11. The molecule has 1 N–H and O–H groups in total. The number of para-hydroxylation sites is 1. The van der Waals surface area contributed by atoms with Crippen LogP contribution < -0.4 is 4.74 Å². The van der Waals surface area contributed by atoms with Crippen LogP contribution in [0.3, 0.4) is 0 Å². The lowest BCUT2D eigenvalue weighted by molar-refractivity contribution is -0.134. The zero-order valence-electron chi connectivity index (χ0n) is 16.6. The van der Waals surface area contributed by atoms with Crippen molar-refractivity contribution in [3.05, 3.63) is 83.7 Å². The van der Waals surface area contributed by atoms with E-state index < -0.39 is 0 Å². The first-order chi connectivity index (χ1) is 14.2. The second-order valence-corrected chi connectivity index (χ2v) is 6.95. The van der Waals surface area contributed by atoms with E-state index in [1.54, 1.807) is 7.11 Å². The van der Waals surface area contributed by atoms with Gasteiger partial charge in [-0.25, -0.2) is 4.79 Å². The summed E-state index contributed by atoms with van der Waals surface area (Å²) in [6.45, 7) is 1.51. The van der Waals surface area contributed by atoms with E-state index in [9.17, 15) is 4.79 Å². The highest BCUT2D eigenvalue weighted by atomic mass is 16.5. The third-order valence-corrected chi connectivity index (χ3v) is 5.29. The third kappa shape index (κ3) is 3.90. The summed E-state index contributed by atoms with van der Waals surface area (Å²) in [4.78, 5) is 17.3. The number of H-pyrrole nitrogens is 1. The molecule has 0 atom stereocenters. The van der Waals surface area contributed by atoms with E-state index in [2.05, 4.69) is 46.3 Å². The van der Waals surface area contributed by atoms with E-state index in [1.807, 2.05) is 24.4 Å². The maximum absolute atomic E-state index is 11.5. The fourth-order valence-corrected chi connectivity index (χ4v) is 3.75. The molecule has 29 heavy (non-hydrogen) atoms. The van der Waals surface area contributed by atoms with Gasteiger partial charge >= 0.3 is 5.97 Å². The minimum atomic E-state index is -0.348. The largest absolute Gasteiger partial charge is 0.497 e. The molecular formula is C24H24N2O3. The Hall–Kier alpha value is -3.47. The maximum Gasteiger partial charge on any atom is 0.331 e. The van der Waals surface area contributed by atoms with Gasteiger partial charge in [0.15, 0.2) is 0 Å². The molecule has 1 aliphatic heterocycles. The Balaban J connectivity index is 1.78. The van der Waals surface area contributed by atoms with Crippen LogP contribution in [0.2, 0.25) is 0 Å². The fourth-order valence-electron chi connectivity index (χ4n) is 3.75. The number of benzene rings is 2. The van der Waals surface area contributed by atoms with Crippen LogP contribution in [0.1, 0.15) is 16.8 Å². The van der Waals surface area contributed by atoms with Crippen molar-refractivity contribution in [3.8, 4) is 5.75 Å². The number of fused-ring (bicyclic) bond motifs is 3. The van der Waals surface area contributed by atoms with Gasteiger partial charge in [-0.1, -0.05) is 36.4 Å². The van der Waals surface area contributed by atoms with Crippen LogP contribution >= 0.6 is 0 Å². The second-order valence-electron chi connectivity index (χ2n) is 6.95. The lowest BCUT2D eigenvalue weighted by Gasteiger charge is -2.23. The summed E-state index contributed by atoms with van der Waals surface area (Å²) in [6.07, 6.45) is 6.36. The smallest absolute Gasteiger partial charge is 0.331 e. The van der Waals surface area contributed by atoms with Gasteiger partial charge in [-0.2, -0.15) is 0 Å². The van der Waals surface area contributed by atoms with Crippen molar-refractivity contribution in [1.82, 2.24) is 9.88 Å². The molecule has 3 aromatic rings. The molecule has 4 rings (SSSR count). The quantitative estimate of drug-likeness (QED) is 0.539. The summed E-state index contributed by atoms with van der Waals surface area (Å²) in [5.41, 5.74) is 5.86. The first kappa shape index (κ1) is 18.9. The molecule has 0 aliphatic carbocycles. The summed E-state index contributed by atoms with van der Waals surface area (Å²) in [6, 6.07) is 16.5. The van der Waals surface area contributed by atoms with Crippen LogP contribution in [0.5, 0.6) is 5.75 Å².